The number of benzene rings is 1. The van der Waals surface area contributed by atoms with Crippen LogP contribution < -0.4 is 10.1 Å². The molecule has 1 amide bonds. The zero-order valence-electron chi connectivity index (χ0n) is 12.7. The molecule has 0 unspecified atom stereocenters. The van der Waals surface area contributed by atoms with Gasteiger partial charge >= 0.3 is 0 Å². The highest BCUT2D eigenvalue weighted by atomic mass is 32.1. The minimum atomic E-state index is -0.208. The summed E-state index contributed by atoms with van der Waals surface area (Å²) in [7, 11) is 1.49. The molecule has 0 fully saturated rings. The quantitative estimate of drug-likeness (QED) is 0.832. The van der Waals surface area contributed by atoms with Gasteiger partial charge < -0.3 is 15.2 Å². The second kappa shape index (κ2) is 7.09. The summed E-state index contributed by atoms with van der Waals surface area (Å²) < 4.78 is 4.97. The second-order valence-electron chi connectivity index (χ2n) is 4.72. The lowest BCUT2D eigenvalue weighted by molar-refractivity contribution is -0.116. The Balaban J connectivity index is 1.94. The first-order valence-electron chi connectivity index (χ1n) is 6.75. The van der Waals surface area contributed by atoms with Gasteiger partial charge in [-0.15, -0.1) is 11.3 Å². The van der Waals surface area contributed by atoms with E-state index in [2.05, 4.69) is 10.3 Å². The smallest absolute Gasteiger partial charge is 0.244 e. The van der Waals surface area contributed by atoms with Crippen molar-refractivity contribution in [3.63, 3.8) is 0 Å². The average Bonchev–Trinajstić information content (AvgIpc) is 2.81. The number of hydrogen-bond acceptors (Lipinski definition) is 5. The predicted molar refractivity (Wildman–Crippen MR) is 87.1 cm³/mol. The first kappa shape index (κ1) is 16.0. The average molecular weight is 318 g/mol. The maximum absolute atomic E-state index is 11.8. The lowest BCUT2D eigenvalue weighted by Crippen LogP contribution is -2.20. The van der Waals surface area contributed by atoms with Crippen molar-refractivity contribution in [3.05, 3.63) is 45.4 Å². The van der Waals surface area contributed by atoms with E-state index < -0.39 is 0 Å². The van der Waals surface area contributed by atoms with Gasteiger partial charge in [-0.1, -0.05) is 6.07 Å². The van der Waals surface area contributed by atoms with Gasteiger partial charge in [-0.25, -0.2) is 4.98 Å². The fraction of sp³-hybridized carbons (Fsp3) is 0.250. The van der Waals surface area contributed by atoms with Crippen molar-refractivity contribution >= 4 is 23.3 Å². The van der Waals surface area contributed by atoms with Gasteiger partial charge in [0.05, 0.1) is 24.4 Å². The number of phenolic OH excluding ortho intramolecular Hbond substituents is 1. The molecule has 1 aromatic carbocycles. The number of hydrogen-bond donors (Lipinski definition) is 2. The van der Waals surface area contributed by atoms with E-state index in [1.807, 2.05) is 13.8 Å². The molecule has 0 bridgehead atoms. The number of thiazole rings is 1. The van der Waals surface area contributed by atoms with E-state index in [9.17, 15) is 9.90 Å². The van der Waals surface area contributed by atoms with Gasteiger partial charge in [-0.3, -0.25) is 4.79 Å². The van der Waals surface area contributed by atoms with Crippen LogP contribution >= 0.6 is 11.3 Å². The highest BCUT2D eigenvalue weighted by molar-refractivity contribution is 7.11. The molecule has 0 radical (unpaired) electrons. The Labute approximate surface area is 133 Å². The van der Waals surface area contributed by atoms with Gasteiger partial charge in [0.1, 0.15) is 0 Å². The van der Waals surface area contributed by atoms with Crippen molar-refractivity contribution in [2.45, 2.75) is 20.4 Å². The highest BCUT2D eigenvalue weighted by Gasteiger charge is 2.05. The molecule has 0 saturated heterocycles. The monoisotopic (exact) mass is 318 g/mol. The molecule has 0 aliphatic rings. The maximum Gasteiger partial charge on any atom is 0.244 e. The van der Waals surface area contributed by atoms with Gasteiger partial charge in [-0.2, -0.15) is 0 Å². The van der Waals surface area contributed by atoms with E-state index in [1.54, 1.807) is 29.5 Å². The number of aryl methyl sites for hydroxylation is 2. The zero-order valence-corrected chi connectivity index (χ0v) is 13.5. The molecule has 2 aromatic rings. The highest BCUT2D eigenvalue weighted by Crippen LogP contribution is 2.26. The number of carbonyl (C=O) groups is 1. The SMILES string of the molecule is COc1ccc(C=CC(=O)NCc2nc(C)sc2C)cc1O. The van der Waals surface area contributed by atoms with Crippen LogP contribution in [0, 0.1) is 13.8 Å². The molecular weight excluding hydrogens is 300 g/mol. The minimum absolute atomic E-state index is 0.0404. The van der Waals surface area contributed by atoms with Gasteiger partial charge in [-0.05, 0) is 37.6 Å². The molecule has 0 spiro atoms. The molecule has 0 aliphatic heterocycles. The van der Waals surface area contributed by atoms with E-state index in [-0.39, 0.29) is 11.7 Å². The van der Waals surface area contributed by atoms with Crippen LogP contribution in [0.5, 0.6) is 11.5 Å². The number of rotatable bonds is 5. The standard InChI is InChI=1S/C16H18N2O3S/c1-10-13(18-11(2)22-10)9-17-16(20)7-5-12-4-6-15(21-3)14(19)8-12/h4-8,19H,9H2,1-3H3,(H,17,20). The van der Waals surface area contributed by atoms with E-state index >= 15 is 0 Å². The molecule has 2 rings (SSSR count). The zero-order chi connectivity index (χ0) is 16.1. The molecule has 116 valence electrons. The van der Waals surface area contributed by atoms with Crippen LogP contribution in [0.15, 0.2) is 24.3 Å². The summed E-state index contributed by atoms with van der Waals surface area (Å²) in [6.45, 7) is 4.34. The lowest BCUT2D eigenvalue weighted by Gasteiger charge is -2.03. The van der Waals surface area contributed by atoms with Crippen molar-refractivity contribution in [3.8, 4) is 11.5 Å². The third kappa shape index (κ3) is 4.08. The number of aromatic nitrogens is 1. The summed E-state index contributed by atoms with van der Waals surface area (Å²) in [5.74, 6) is 0.231. The third-order valence-corrected chi connectivity index (χ3v) is 3.99. The van der Waals surface area contributed by atoms with Crippen LogP contribution in [0.4, 0.5) is 0 Å². The molecular formula is C16H18N2O3S. The van der Waals surface area contributed by atoms with Crippen LogP contribution in [0.2, 0.25) is 0 Å². The first-order valence-corrected chi connectivity index (χ1v) is 7.57. The van der Waals surface area contributed by atoms with Gasteiger partial charge in [0, 0.05) is 11.0 Å². The Kier molecular flexibility index (Phi) is 5.16. The van der Waals surface area contributed by atoms with Gasteiger partial charge in [0.2, 0.25) is 5.91 Å². The number of aromatic hydroxyl groups is 1. The fourth-order valence-corrected chi connectivity index (χ4v) is 2.78. The summed E-state index contributed by atoms with van der Waals surface area (Å²) in [4.78, 5) is 17.3. The number of nitrogens with one attached hydrogen (secondary N) is 1. The van der Waals surface area contributed by atoms with Crippen LogP contribution in [-0.4, -0.2) is 23.1 Å². The molecule has 5 nitrogen and oxygen atoms in total. The van der Waals surface area contributed by atoms with E-state index in [4.69, 9.17) is 4.74 Å². The molecule has 1 aromatic heterocycles. The molecule has 0 atom stereocenters. The predicted octanol–water partition coefficient (Wildman–Crippen LogP) is 2.80. The van der Waals surface area contributed by atoms with Crippen LogP contribution in [0.1, 0.15) is 21.1 Å². The molecule has 1 heterocycles. The molecule has 0 aliphatic carbocycles. The number of amides is 1. The van der Waals surface area contributed by atoms with E-state index in [0.29, 0.717) is 17.9 Å². The Morgan fingerprint density at radius 1 is 1.45 bits per heavy atom. The van der Waals surface area contributed by atoms with Crippen LogP contribution in [0.3, 0.4) is 0 Å². The number of ether oxygens (including phenoxy) is 1. The third-order valence-electron chi connectivity index (χ3n) is 3.06. The van der Waals surface area contributed by atoms with Crippen molar-refractivity contribution in [1.82, 2.24) is 10.3 Å². The fourth-order valence-electron chi connectivity index (χ4n) is 1.95. The molecule has 2 N–H and O–H groups in total. The van der Waals surface area contributed by atoms with Crippen molar-refractivity contribution in [2.75, 3.05) is 7.11 Å². The Bertz CT molecular complexity index is 707. The number of phenols is 1. The first-order chi connectivity index (χ1) is 10.5. The van der Waals surface area contributed by atoms with Crippen LogP contribution in [-0.2, 0) is 11.3 Å². The summed E-state index contributed by atoms with van der Waals surface area (Å²) in [5.41, 5.74) is 1.61. The number of methoxy groups -OCH3 is 1. The summed E-state index contributed by atoms with van der Waals surface area (Å²) in [6, 6.07) is 4.95. The normalized spacial score (nSPS) is 10.9. The molecule has 0 saturated carbocycles. The van der Waals surface area contributed by atoms with Gasteiger partial charge in [0.15, 0.2) is 11.5 Å². The topological polar surface area (TPSA) is 71.5 Å². The van der Waals surface area contributed by atoms with E-state index in [1.165, 1.54) is 19.3 Å². The molecule has 6 heteroatoms. The van der Waals surface area contributed by atoms with Crippen molar-refractivity contribution in [2.24, 2.45) is 0 Å². The molecule has 22 heavy (non-hydrogen) atoms. The summed E-state index contributed by atoms with van der Waals surface area (Å²) >= 11 is 1.62. The number of nitrogens with zero attached hydrogens (tertiary/aromatic N) is 1. The lowest BCUT2D eigenvalue weighted by atomic mass is 10.2. The number of carbonyl (C=O) groups excluding carboxylic acids is 1. The maximum atomic E-state index is 11.8. The van der Waals surface area contributed by atoms with Crippen molar-refractivity contribution in [1.29, 1.82) is 0 Å². The Morgan fingerprint density at radius 2 is 2.23 bits per heavy atom. The van der Waals surface area contributed by atoms with Gasteiger partial charge in [0.25, 0.3) is 0 Å². The van der Waals surface area contributed by atoms with E-state index in [0.717, 1.165) is 15.6 Å². The summed E-state index contributed by atoms with van der Waals surface area (Å²) in [6.07, 6.45) is 3.06. The minimum Gasteiger partial charge on any atom is -0.504 e. The summed E-state index contributed by atoms with van der Waals surface area (Å²) in [5, 5.41) is 13.5. The second-order valence-corrected chi connectivity index (χ2v) is 6.13. The van der Waals surface area contributed by atoms with Crippen LogP contribution in [0.25, 0.3) is 6.08 Å². The Hall–Kier alpha value is -2.34. The van der Waals surface area contributed by atoms with Crippen molar-refractivity contribution < 1.29 is 14.6 Å². The largest absolute Gasteiger partial charge is 0.504 e. The Morgan fingerprint density at radius 3 is 2.82 bits per heavy atom.